The quantitative estimate of drug-likeness (QED) is 0.167. The van der Waals surface area contributed by atoms with Gasteiger partial charge in [-0.1, -0.05) is 70.4 Å². The predicted octanol–water partition coefficient (Wildman–Crippen LogP) is 5.72. The van der Waals surface area contributed by atoms with Crippen LogP contribution in [0.1, 0.15) is 116 Å². The summed E-state index contributed by atoms with van der Waals surface area (Å²) in [7, 11) is 0. The minimum absolute atomic E-state index is 0.147. The number of unbranched alkanes of at least 4 members (excludes halogenated alkanes) is 12. The van der Waals surface area contributed by atoms with Crippen molar-refractivity contribution in [1.82, 2.24) is 5.32 Å². The SMILES string of the molecule is CCCCCC/C=C\CCCCCCCCCC(=O)NC(CCCCN)C(=O)O. The molecule has 0 saturated carbocycles. The Morgan fingerprint density at radius 2 is 1.38 bits per heavy atom. The van der Waals surface area contributed by atoms with Gasteiger partial charge in [0.05, 0.1) is 0 Å². The van der Waals surface area contributed by atoms with Crippen LogP contribution in [-0.2, 0) is 9.59 Å². The van der Waals surface area contributed by atoms with E-state index in [1.807, 2.05) is 0 Å². The van der Waals surface area contributed by atoms with E-state index in [1.165, 1.54) is 64.2 Å². The monoisotopic (exact) mass is 410 g/mol. The number of carbonyl (C=O) groups excluding carboxylic acids is 1. The first-order valence-electron chi connectivity index (χ1n) is 12.0. The van der Waals surface area contributed by atoms with Crippen LogP contribution in [0, 0.1) is 0 Å². The van der Waals surface area contributed by atoms with E-state index in [4.69, 9.17) is 5.73 Å². The van der Waals surface area contributed by atoms with E-state index in [2.05, 4.69) is 24.4 Å². The molecular formula is C24H46N2O3. The van der Waals surface area contributed by atoms with E-state index >= 15 is 0 Å². The van der Waals surface area contributed by atoms with Crippen LogP contribution in [0.25, 0.3) is 0 Å². The first kappa shape index (κ1) is 27.6. The standard InChI is InChI=1S/C24H46N2O3/c1-2-3-4-5-6-7-8-9-10-11-12-13-14-15-16-20-23(27)26-22(24(28)29)19-17-18-21-25/h7-8,22H,2-6,9-21,25H2,1H3,(H,26,27)(H,28,29)/b8-7-. The van der Waals surface area contributed by atoms with Crippen molar-refractivity contribution in [2.45, 2.75) is 122 Å². The van der Waals surface area contributed by atoms with E-state index in [0.717, 1.165) is 32.1 Å². The number of hydrogen-bond donors (Lipinski definition) is 3. The molecule has 0 aliphatic rings. The molecule has 0 aliphatic carbocycles. The number of carbonyl (C=O) groups is 2. The van der Waals surface area contributed by atoms with Crippen LogP contribution in [0.4, 0.5) is 0 Å². The summed E-state index contributed by atoms with van der Waals surface area (Å²) in [6, 6.07) is -0.778. The fourth-order valence-electron chi connectivity index (χ4n) is 3.37. The summed E-state index contributed by atoms with van der Waals surface area (Å²) >= 11 is 0. The molecule has 170 valence electrons. The fourth-order valence-corrected chi connectivity index (χ4v) is 3.37. The van der Waals surface area contributed by atoms with Crippen molar-refractivity contribution in [3.05, 3.63) is 12.2 Å². The molecule has 5 nitrogen and oxygen atoms in total. The molecule has 5 heteroatoms. The van der Waals surface area contributed by atoms with Gasteiger partial charge in [-0.3, -0.25) is 4.79 Å². The topological polar surface area (TPSA) is 92.4 Å². The van der Waals surface area contributed by atoms with Gasteiger partial charge in [-0.25, -0.2) is 4.79 Å². The highest BCUT2D eigenvalue weighted by Gasteiger charge is 2.18. The van der Waals surface area contributed by atoms with Crippen molar-refractivity contribution < 1.29 is 14.7 Å². The second kappa shape index (κ2) is 21.4. The lowest BCUT2D eigenvalue weighted by atomic mass is 10.1. The number of nitrogens with one attached hydrogen (secondary N) is 1. The third kappa shape index (κ3) is 19.7. The Morgan fingerprint density at radius 1 is 0.828 bits per heavy atom. The Bertz CT molecular complexity index is 424. The van der Waals surface area contributed by atoms with Gasteiger partial charge in [0, 0.05) is 6.42 Å². The van der Waals surface area contributed by atoms with Crippen molar-refractivity contribution >= 4 is 11.9 Å². The molecule has 0 aliphatic heterocycles. The molecule has 0 radical (unpaired) electrons. The van der Waals surface area contributed by atoms with Crippen molar-refractivity contribution in [1.29, 1.82) is 0 Å². The average molecular weight is 411 g/mol. The third-order valence-electron chi connectivity index (χ3n) is 5.25. The normalized spacial score (nSPS) is 12.3. The summed E-state index contributed by atoms with van der Waals surface area (Å²) in [6.07, 6.45) is 22.9. The van der Waals surface area contributed by atoms with Crippen LogP contribution in [0.3, 0.4) is 0 Å². The zero-order chi connectivity index (χ0) is 21.6. The molecule has 1 unspecified atom stereocenters. The summed E-state index contributed by atoms with van der Waals surface area (Å²) in [4.78, 5) is 23.1. The van der Waals surface area contributed by atoms with Gasteiger partial charge in [0.15, 0.2) is 0 Å². The number of carboxylic acid groups (broad SMARTS) is 1. The second-order valence-electron chi connectivity index (χ2n) is 8.08. The van der Waals surface area contributed by atoms with E-state index < -0.39 is 12.0 Å². The highest BCUT2D eigenvalue weighted by atomic mass is 16.4. The lowest BCUT2D eigenvalue weighted by Gasteiger charge is -2.14. The number of aliphatic carboxylic acids is 1. The zero-order valence-corrected chi connectivity index (χ0v) is 18.8. The van der Waals surface area contributed by atoms with Gasteiger partial charge < -0.3 is 16.2 Å². The fraction of sp³-hybridized carbons (Fsp3) is 0.833. The van der Waals surface area contributed by atoms with Gasteiger partial charge in [-0.15, -0.1) is 0 Å². The molecule has 0 rings (SSSR count). The Morgan fingerprint density at radius 3 is 1.93 bits per heavy atom. The predicted molar refractivity (Wildman–Crippen MR) is 122 cm³/mol. The Balaban J connectivity index is 3.49. The summed E-state index contributed by atoms with van der Waals surface area (Å²) in [5, 5.41) is 11.8. The molecule has 0 heterocycles. The number of hydrogen-bond acceptors (Lipinski definition) is 3. The first-order valence-corrected chi connectivity index (χ1v) is 12.0. The lowest BCUT2D eigenvalue weighted by molar-refractivity contribution is -0.142. The number of amides is 1. The zero-order valence-electron chi connectivity index (χ0n) is 18.8. The maximum Gasteiger partial charge on any atom is 0.326 e. The lowest BCUT2D eigenvalue weighted by Crippen LogP contribution is -2.40. The van der Waals surface area contributed by atoms with E-state index in [0.29, 0.717) is 19.4 Å². The van der Waals surface area contributed by atoms with E-state index in [1.54, 1.807) is 0 Å². The smallest absolute Gasteiger partial charge is 0.326 e. The average Bonchev–Trinajstić information content (AvgIpc) is 2.70. The second-order valence-corrected chi connectivity index (χ2v) is 8.08. The minimum Gasteiger partial charge on any atom is -0.480 e. The molecule has 0 aromatic rings. The van der Waals surface area contributed by atoms with Crippen LogP contribution in [0.2, 0.25) is 0 Å². The summed E-state index contributed by atoms with van der Waals surface area (Å²) in [5.74, 6) is -1.10. The number of rotatable bonds is 21. The molecular weight excluding hydrogens is 364 g/mol. The van der Waals surface area contributed by atoms with Gasteiger partial charge in [0.1, 0.15) is 6.04 Å². The van der Waals surface area contributed by atoms with E-state index in [-0.39, 0.29) is 5.91 Å². The van der Waals surface area contributed by atoms with Crippen LogP contribution < -0.4 is 11.1 Å². The summed E-state index contributed by atoms with van der Waals surface area (Å²) in [5.41, 5.74) is 5.42. The Labute approximate surface area is 178 Å². The van der Waals surface area contributed by atoms with Gasteiger partial charge in [0.25, 0.3) is 0 Å². The molecule has 1 amide bonds. The van der Waals surface area contributed by atoms with Crippen molar-refractivity contribution in [3.63, 3.8) is 0 Å². The number of allylic oxidation sites excluding steroid dienone is 2. The van der Waals surface area contributed by atoms with Crippen LogP contribution in [-0.4, -0.2) is 29.6 Å². The van der Waals surface area contributed by atoms with Crippen molar-refractivity contribution in [2.75, 3.05) is 6.54 Å². The van der Waals surface area contributed by atoms with Crippen molar-refractivity contribution in [2.24, 2.45) is 5.73 Å². The van der Waals surface area contributed by atoms with Gasteiger partial charge in [-0.2, -0.15) is 0 Å². The minimum atomic E-state index is -0.957. The maximum absolute atomic E-state index is 11.9. The number of carboxylic acids is 1. The molecule has 1 atom stereocenters. The summed E-state index contributed by atoms with van der Waals surface area (Å²) in [6.45, 7) is 2.80. The molecule has 0 saturated heterocycles. The van der Waals surface area contributed by atoms with E-state index in [9.17, 15) is 14.7 Å². The molecule has 0 bridgehead atoms. The van der Waals surface area contributed by atoms with Gasteiger partial charge in [-0.05, 0) is 57.9 Å². The molecule has 0 spiro atoms. The van der Waals surface area contributed by atoms with Crippen LogP contribution in [0.15, 0.2) is 12.2 Å². The number of nitrogens with two attached hydrogens (primary N) is 1. The molecule has 0 aromatic heterocycles. The molecule has 4 N–H and O–H groups in total. The Kier molecular flexibility index (Phi) is 20.3. The van der Waals surface area contributed by atoms with Gasteiger partial charge in [0.2, 0.25) is 5.91 Å². The van der Waals surface area contributed by atoms with Crippen LogP contribution in [0.5, 0.6) is 0 Å². The highest BCUT2D eigenvalue weighted by molar-refractivity contribution is 5.83. The van der Waals surface area contributed by atoms with Crippen LogP contribution >= 0.6 is 0 Å². The molecule has 29 heavy (non-hydrogen) atoms. The first-order chi connectivity index (χ1) is 14.1. The maximum atomic E-state index is 11.9. The summed E-state index contributed by atoms with van der Waals surface area (Å²) < 4.78 is 0. The molecule has 0 fully saturated rings. The largest absolute Gasteiger partial charge is 0.480 e. The van der Waals surface area contributed by atoms with Crippen molar-refractivity contribution in [3.8, 4) is 0 Å². The van der Waals surface area contributed by atoms with Gasteiger partial charge >= 0.3 is 5.97 Å². The highest BCUT2D eigenvalue weighted by Crippen LogP contribution is 2.11. The Hall–Kier alpha value is -1.36. The molecule has 0 aromatic carbocycles. The third-order valence-corrected chi connectivity index (χ3v) is 5.25.